The van der Waals surface area contributed by atoms with Crippen LogP contribution in [0.2, 0.25) is 5.02 Å². The Kier molecular flexibility index (Phi) is 2.35. The lowest BCUT2D eigenvalue weighted by molar-refractivity contribution is 0.482. The highest BCUT2D eigenvalue weighted by Gasteiger charge is 2.19. The zero-order valence-corrected chi connectivity index (χ0v) is 7.69. The molecule has 12 heavy (non-hydrogen) atoms. The van der Waals surface area contributed by atoms with Gasteiger partial charge in [-0.15, -0.1) is 0 Å². The Bertz CT molecular complexity index is 294. The number of nitrogens with two attached hydrogens (primary N) is 1. The molecule has 0 saturated carbocycles. The van der Waals surface area contributed by atoms with Gasteiger partial charge in [0.05, 0.1) is 5.02 Å². The maximum atomic E-state index is 13.0. The van der Waals surface area contributed by atoms with Crippen LogP contribution in [0.15, 0.2) is 12.3 Å². The minimum Gasteiger partial charge on any atom is -0.322 e. The van der Waals surface area contributed by atoms with Gasteiger partial charge in [-0.2, -0.15) is 4.39 Å². The minimum atomic E-state index is -0.748. The Balaban J connectivity index is 3.23. The summed E-state index contributed by atoms with van der Waals surface area (Å²) >= 11 is 5.64. The number of rotatable bonds is 1. The second kappa shape index (κ2) is 2.99. The Labute approximate surface area is 75.6 Å². The van der Waals surface area contributed by atoms with Crippen LogP contribution >= 0.6 is 11.6 Å². The van der Waals surface area contributed by atoms with Gasteiger partial charge in [-0.3, -0.25) is 0 Å². The lowest BCUT2D eigenvalue weighted by atomic mass is 9.97. The SMILES string of the molecule is CC(C)(N)c1cc(Cl)cnc1F. The minimum absolute atomic E-state index is 0.329. The smallest absolute Gasteiger partial charge is 0.217 e. The first-order chi connectivity index (χ1) is 5.41. The van der Waals surface area contributed by atoms with E-state index in [1.165, 1.54) is 12.3 Å². The molecule has 0 aliphatic carbocycles. The molecule has 0 bridgehead atoms. The van der Waals surface area contributed by atoms with Gasteiger partial charge in [0.1, 0.15) is 0 Å². The number of nitrogens with zero attached hydrogens (tertiary/aromatic N) is 1. The average molecular weight is 189 g/mol. The summed E-state index contributed by atoms with van der Waals surface area (Å²) in [5.41, 5.74) is 5.27. The van der Waals surface area contributed by atoms with Crippen LogP contribution in [0.5, 0.6) is 0 Å². The summed E-state index contributed by atoms with van der Waals surface area (Å²) in [5, 5.41) is 0.393. The van der Waals surface area contributed by atoms with Crippen molar-refractivity contribution < 1.29 is 4.39 Å². The van der Waals surface area contributed by atoms with E-state index in [-0.39, 0.29) is 0 Å². The van der Waals surface area contributed by atoms with Crippen molar-refractivity contribution in [1.82, 2.24) is 4.98 Å². The molecule has 4 heteroatoms. The first-order valence-corrected chi connectivity index (χ1v) is 3.89. The van der Waals surface area contributed by atoms with E-state index in [0.717, 1.165) is 0 Å². The van der Waals surface area contributed by atoms with Crippen molar-refractivity contribution in [3.05, 3.63) is 28.8 Å². The number of halogens is 2. The van der Waals surface area contributed by atoms with Crippen LogP contribution in [0.3, 0.4) is 0 Å². The van der Waals surface area contributed by atoms with E-state index in [9.17, 15) is 4.39 Å². The van der Waals surface area contributed by atoms with E-state index in [0.29, 0.717) is 10.6 Å². The standard InChI is InChI=1S/C8H10ClFN2/c1-8(2,11)6-3-5(9)4-12-7(6)10/h3-4H,11H2,1-2H3. The van der Waals surface area contributed by atoms with Gasteiger partial charge in [0.25, 0.3) is 0 Å². The van der Waals surface area contributed by atoms with Crippen molar-refractivity contribution in [3.63, 3.8) is 0 Å². The lowest BCUT2D eigenvalue weighted by Gasteiger charge is -2.18. The van der Waals surface area contributed by atoms with Gasteiger partial charge in [-0.1, -0.05) is 11.6 Å². The first kappa shape index (κ1) is 9.42. The summed E-state index contributed by atoms with van der Waals surface area (Å²) in [4.78, 5) is 3.47. The van der Waals surface area contributed by atoms with E-state index in [1.807, 2.05) is 0 Å². The molecule has 0 radical (unpaired) electrons. The fourth-order valence-electron chi connectivity index (χ4n) is 0.874. The normalized spacial score (nSPS) is 11.8. The van der Waals surface area contributed by atoms with Gasteiger partial charge < -0.3 is 5.73 Å². The molecular formula is C8H10ClFN2. The highest BCUT2D eigenvalue weighted by molar-refractivity contribution is 6.30. The van der Waals surface area contributed by atoms with Gasteiger partial charge in [0.2, 0.25) is 5.95 Å². The lowest BCUT2D eigenvalue weighted by Crippen LogP contribution is -2.30. The maximum absolute atomic E-state index is 13.0. The second-order valence-corrected chi connectivity index (χ2v) is 3.65. The van der Waals surface area contributed by atoms with Crippen molar-refractivity contribution in [2.24, 2.45) is 5.73 Å². The van der Waals surface area contributed by atoms with E-state index in [1.54, 1.807) is 13.8 Å². The molecule has 66 valence electrons. The van der Waals surface area contributed by atoms with E-state index < -0.39 is 11.5 Å². The van der Waals surface area contributed by atoms with Crippen LogP contribution in [0.4, 0.5) is 4.39 Å². The third-order valence-corrected chi connectivity index (χ3v) is 1.71. The molecule has 0 unspecified atom stereocenters. The molecular weight excluding hydrogens is 179 g/mol. The van der Waals surface area contributed by atoms with Crippen LogP contribution in [-0.4, -0.2) is 4.98 Å². The molecule has 0 aliphatic rings. The monoisotopic (exact) mass is 188 g/mol. The topological polar surface area (TPSA) is 38.9 Å². The van der Waals surface area contributed by atoms with Crippen LogP contribution < -0.4 is 5.73 Å². The second-order valence-electron chi connectivity index (χ2n) is 3.21. The van der Waals surface area contributed by atoms with Gasteiger partial charge in [0.15, 0.2) is 0 Å². The van der Waals surface area contributed by atoms with Crippen molar-refractivity contribution in [2.45, 2.75) is 19.4 Å². The van der Waals surface area contributed by atoms with E-state index >= 15 is 0 Å². The fourth-order valence-corrected chi connectivity index (χ4v) is 1.03. The summed E-state index contributed by atoms with van der Waals surface area (Å²) < 4.78 is 13.0. The number of aromatic nitrogens is 1. The summed E-state index contributed by atoms with van der Waals surface area (Å²) in [6.45, 7) is 3.40. The molecule has 0 saturated heterocycles. The summed E-state index contributed by atoms with van der Waals surface area (Å²) in [6.07, 6.45) is 1.26. The van der Waals surface area contributed by atoms with Gasteiger partial charge >= 0.3 is 0 Å². The molecule has 0 atom stereocenters. The zero-order chi connectivity index (χ0) is 9.35. The predicted molar refractivity (Wildman–Crippen MR) is 46.4 cm³/mol. The molecule has 1 aromatic rings. The third kappa shape index (κ3) is 1.93. The molecule has 0 aromatic carbocycles. The highest BCUT2D eigenvalue weighted by Crippen LogP contribution is 2.21. The van der Waals surface area contributed by atoms with E-state index in [2.05, 4.69) is 4.98 Å². The number of hydrogen-bond acceptors (Lipinski definition) is 2. The molecule has 1 rings (SSSR count). The number of hydrogen-bond donors (Lipinski definition) is 1. The van der Waals surface area contributed by atoms with Crippen LogP contribution in [0.1, 0.15) is 19.4 Å². The summed E-state index contributed by atoms with van der Waals surface area (Å²) in [6, 6.07) is 1.49. The Morgan fingerprint density at radius 3 is 2.58 bits per heavy atom. The molecule has 0 fully saturated rings. The van der Waals surface area contributed by atoms with Gasteiger partial charge in [-0.05, 0) is 19.9 Å². The van der Waals surface area contributed by atoms with Crippen molar-refractivity contribution >= 4 is 11.6 Å². The first-order valence-electron chi connectivity index (χ1n) is 3.51. The predicted octanol–water partition coefficient (Wildman–Crippen LogP) is 2.07. The van der Waals surface area contributed by atoms with E-state index in [4.69, 9.17) is 17.3 Å². The Morgan fingerprint density at radius 2 is 2.17 bits per heavy atom. The Hall–Kier alpha value is -0.670. The molecule has 1 aromatic heterocycles. The molecule has 0 spiro atoms. The molecule has 2 N–H and O–H groups in total. The summed E-state index contributed by atoms with van der Waals surface area (Å²) in [7, 11) is 0. The molecule has 0 amide bonds. The third-order valence-electron chi connectivity index (χ3n) is 1.50. The van der Waals surface area contributed by atoms with Crippen molar-refractivity contribution in [3.8, 4) is 0 Å². The molecule has 1 heterocycles. The average Bonchev–Trinajstić information content (AvgIpc) is 1.92. The van der Waals surface area contributed by atoms with Crippen LogP contribution in [0.25, 0.3) is 0 Å². The molecule has 0 aliphatic heterocycles. The van der Waals surface area contributed by atoms with Crippen LogP contribution in [-0.2, 0) is 5.54 Å². The zero-order valence-electron chi connectivity index (χ0n) is 6.94. The van der Waals surface area contributed by atoms with Crippen molar-refractivity contribution in [2.75, 3.05) is 0 Å². The van der Waals surface area contributed by atoms with Gasteiger partial charge in [-0.25, -0.2) is 4.98 Å². The highest BCUT2D eigenvalue weighted by atomic mass is 35.5. The fraction of sp³-hybridized carbons (Fsp3) is 0.375. The quantitative estimate of drug-likeness (QED) is 0.686. The molecule has 2 nitrogen and oxygen atoms in total. The number of pyridine rings is 1. The Morgan fingerprint density at radius 1 is 1.58 bits per heavy atom. The largest absolute Gasteiger partial charge is 0.322 e. The maximum Gasteiger partial charge on any atom is 0.217 e. The van der Waals surface area contributed by atoms with Crippen molar-refractivity contribution in [1.29, 1.82) is 0 Å². The van der Waals surface area contributed by atoms with Gasteiger partial charge in [0, 0.05) is 17.3 Å². The summed E-state index contributed by atoms with van der Waals surface area (Å²) in [5.74, 6) is -0.563. The van der Waals surface area contributed by atoms with Crippen LogP contribution in [0, 0.1) is 5.95 Å².